The summed E-state index contributed by atoms with van der Waals surface area (Å²) in [6.07, 6.45) is 2.65. The topological polar surface area (TPSA) is 93.2 Å². The molecule has 0 unspecified atom stereocenters. The number of carbonyl (C=O) groups excluding carboxylic acids is 2. The van der Waals surface area contributed by atoms with E-state index < -0.39 is 11.7 Å². The Balaban J connectivity index is 1.85. The van der Waals surface area contributed by atoms with Crippen molar-refractivity contribution in [2.45, 2.75) is 32.9 Å². The number of benzene rings is 1. The normalized spacial score (nSPS) is 10.9. The highest BCUT2D eigenvalue weighted by Gasteiger charge is 2.16. The van der Waals surface area contributed by atoms with Crippen LogP contribution in [0, 0.1) is 0 Å². The van der Waals surface area contributed by atoms with Gasteiger partial charge in [-0.15, -0.1) is 0 Å². The fourth-order valence-electron chi connectivity index (χ4n) is 2.05. The van der Waals surface area contributed by atoms with Gasteiger partial charge in [-0.05, 0) is 49.6 Å². The smallest absolute Gasteiger partial charge is 0.408 e. The maximum Gasteiger partial charge on any atom is 0.408 e. The summed E-state index contributed by atoms with van der Waals surface area (Å²) >= 11 is 5.69. The minimum atomic E-state index is -0.627. The number of ether oxygens (including phenoxy) is 1. The van der Waals surface area contributed by atoms with Crippen LogP contribution in [-0.4, -0.2) is 34.1 Å². The summed E-state index contributed by atoms with van der Waals surface area (Å²) in [6, 6.07) is 7.61. The molecule has 0 aliphatic heterocycles. The standard InChI is InChI=1S/C18H21ClN4O3/c1-18(2,3)26-17(25)23-11-15(24)20-8-12-5-4-6-13(7-12)14-9-21-16(19)22-10-14/h4-7,9-10H,8,11H2,1-3H3,(H,20,24)(H,23,25). The lowest BCUT2D eigenvalue weighted by Crippen LogP contribution is -2.39. The predicted octanol–water partition coefficient (Wildman–Crippen LogP) is 2.94. The fourth-order valence-corrected chi connectivity index (χ4v) is 2.15. The number of alkyl carbamates (subject to hydrolysis) is 1. The van der Waals surface area contributed by atoms with Crippen LogP contribution >= 0.6 is 11.6 Å². The molecule has 0 radical (unpaired) electrons. The van der Waals surface area contributed by atoms with Crippen LogP contribution in [0.3, 0.4) is 0 Å². The van der Waals surface area contributed by atoms with Crippen LogP contribution in [0.1, 0.15) is 26.3 Å². The second kappa shape index (κ2) is 8.62. The first-order valence-corrected chi connectivity index (χ1v) is 8.41. The summed E-state index contributed by atoms with van der Waals surface area (Å²) in [4.78, 5) is 31.3. The van der Waals surface area contributed by atoms with Gasteiger partial charge in [0.2, 0.25) is 11.2 Å². The Morgan fingerprint density at radius 2 is 1.81 bits per heavy atom. The number of hydrogen-bond donors (Lipinski definition) is 2. The molecule has 0 aliphatic carbocycles. The van der Waals surface area contributed by atoms with Crippen molar-refractivity contribution in [3.8, 4) is 11.1 Å². The molecule has 1 aromatic carbocycles. The van der Waals surface area contributed by atoms with E-state index in [0.717, 1.165) is 16.7 Å². The molecule has 2 N–H and O–H groups in total. The second-order valence-electron chi connectivity index (χ2n) is 6.57. The van der Waals surface area contributed by atoms with E-state index in [-0.39, 0.29) is 17.7 Å². The lowest BCUT2D eigenvalue weighted by Gasteiger charge is -2.19. The average molecular weight is 377 g/mol. The van der Waals surface area contributed by atoms with Crippen LogP contribution in [0.15, 0.2) is 36.7 Å². The largest absolute Gasteiger partial charge is 0.444 e. The highest BCUT2D eigenvalue weighted by atomic mass is 35.5. The second-order valence-corrected chi connectivity index (χ2v) is 6.91. The lowest BCUT2D eigenvalue weighted by atomic mass is 10.1. The number of rotatable bonds is 5. The zero-order chi connectivity index (χ0) is 19.2. The van der Waals surface area contributed by atoms with Crippen LogP contribution in [-0.2, 0) is 16.1 Å². The van der Waals surface area contributed by atoms with Gasteiger partial charge in [-0.2, -0.15) is 0 Å². The van der Waals surface area contributed by atoms with Crippen molar-refractivity contribution in [3.63, 3.8) is 0 Å². The number of aromatic nitrogens is 2. The number of amides is 2. The molecule has 0 bridgehead atoms. The third-order valence-corrected chi connectivity index (χ3v) is 3.36. The number of nitrogens with one attached hydrogen (secondary N) is 2. The molecule has 0 spiro atoms. The molecule has 0 saturated heterocycles. The molecular formula is C18H21ClN4O3. The zero-order valence-electron chi connectivity index (χ0n) is 14.9. The molecule has 0 aliphatic rings. The average Bonchev–Trinajstić information content (AvgIpc) is 2.57. The molecule has 0 saturated carbocycles. The molecule has 138 valence electrons. The number of halogens is 1. The van der Waals surface area contributed by atoms with Gasteiger partial charge in [0, 0.05) is 24.5 Å². The maximum atomic E-state index is 11.9. The van der Waals surface area contributed by atoms with E-state index in [0.29, 0.717) is 6.54 Å². The minimum absolute atomic E-state index is 0.153. The third kappa shape index (κ3) is 6.68. The van der Waals surface area contributed by atoms with Crippen molar-refractivity contribution in [1.82, 2.24) is 20.6 Å². The van der Waals surface area contributed by atoms with E-state index in [9.17, 15) is 9.59 Å². The Kier molecular flexibility index (Phi) is 6.52. The first kappa shape index (κ1) is 19.7. The zero-order valence-corrected chi connectivity index (χ0v) is 15.6. The van der Waals surface area contributed by atoms with Gasteiger partial charge >= 0.3 is 6.09 Å². The van der Waals surface area contributed by atoms with Gasteiger partial charge in [0.15, 0.2) is 0 Å². The molecule has 2 rings (SSSR count). The molecule has 1 aromatic heterocycles. The van der Waals surface area contributed by atoms with E-state index in [4.69, 9.17) is 16.3 Å². The summed E-state index contributed by atoms with van der Waals surface area (Å²) in [5, 5.41) is 5.35. The van der Waals surface area contributed by atoms with Crippen molar-refractivity contribution in [2.75, 3.05) is 6.54 Å². The van der Waals surface area contributed by atoms with Gasteiger partial charge in [0.25, 0.3) is 0 Å². The van der Waals surface area contributed by atoms with E-state index in [2.05, 4.69) is 20.6 Å². The summed E-state index contributed by atoms with van der Waals surface area (Å²) < 4.78 is 5.07. The Morgan fingerprint density at radius 1 is 1.12 bits per heavy atom. The van der Waals surface area contributed by atoms with Crippen molar-refractivity contribution in [3.05, 3.63) is 47.5 Å². The number of carbonyl (C=O) groups is 2. The Hall–Kier alpha value is -2.67. The minimum Gasteiger partial charge on any atom is -0.444 e. The molecule has 8 heteroatoms. The summed E-state index contributed by atoms with van der Waals surface area (Å²) in [5.41, 5.74) is 2.05. The number of hydrogen-bond acceptors (Lipinski definition) is 5. The van der Waals surface area contributed by atoms with Crippen molar-refractivity contribution < 1.29 is 14.3 Å². The van der Waals surface area contributed by atoms with E-state index >= 15 is 0 Å². The Labute approximate surface area is 157 Å². The quantitative estimate of drug-likeness (QED) is 0.782. The Bertz CT molecular complexity index is 773. The van der Waals surface area contributed by atoms with Gasteiger partial charge in [0.1, 0.15) is 12.1 Å². The van der Waals surface area contributed by atoms with Crippen LogP contribution in [0.2, 0.25) is 5.28 Å². The molecule has 0 fully saturated rings. The van der Waals surface area contributed by atoms with Crippen LogP contribution in [0.5, 0.6) is 0 Å². The van der Waals surface area contributed by atoms with Gasteiger partial charge < -0.3 is 15.4 Å². The lowest BCUT2D eigenvalue weighted by molar-refractivity contribution is -0.120. The fraction of sp³-hybridized carbons (Fsp3) is 0.333. The summed E-state index contributed by atoms with van der Waals surface area (Å²) in [5.74, 6) is -0.309. The third-order valence-electron chi connectivity index (χ3n) is 3.16. The molecule has 2 aromatic rings. The van der Waals surface area contributed by atoms with E-state index in [1.54, 1.807) is 33.2 Å². The van der Waals surface area contributed by atoms with Gasteiger partial charge in [-0.25, -0.2) is 14.8 Å². The summed E-state index contributed by atoms with van der Waals surface area (Å²) in [6.45, 7) is 5.44. The molecule has 0 atom stereocenters. The Morgan fingerprint density at radius 3 is 2.46 bits per heavy atom. The molecule has 26 heavy (non-hydrogen) atoms. The van der Waals surface area contributed by atoms with Crippen molar-refractivity contribution in [2.24, 2.45) is 0 Å². The highest BCUT2D eigenvalue weighted by molar-refractivity contribution is 6.28. The molecule has 7 nitrogen and oxygen atoms in total. The SMILES string of the molecule is CC(C)(C)OC(=O)NCC(=O)NCc1cccc(-c2cnc(Cl)nc2)c1. The van der Waals surface area contributed by atoms with Crippen molar-refractivity contribution >= 4 is 23.6 Å². The van der Waals surface area contributed by atoms with Gasteiger partial charge in [-0.3, -0.25) is 4.79 Å². The predicted molar refractivity (Wildman–Crippen MR) is 98.6 cm³/mol. The first-order chi connectivity index (χ1) is 12.2. The maximum absolute atomic E-state index is 11.9. The van der Waals surface area contributed by atoms with Crippen LogP contribution in [0.4, 0.5) is 4.79 Å². The molecule has 1 heterocycles. The first-order valence-electron chi connectivity index (χ1n) is 8.03. The van der Waals surface area contributed by atoms with Gasteiger partial charge in [0.05, 0.1) is 0 Å². The van der Waals surface area contributed by atoms with Crippen LogP contribution in [0.25, 0.3) is 11.1 Å². The van der Waals surface area contributed by atoms with E-state index in [1.807, 2.05) is 24.3 Å². The van der Waals surface area contributed by atoms with Crippen LogP contribution < -0.4 is 10.6 Å². The van der Waals surface area contributed by atoms with Gasteiger partial charge in [-0.1, -0.05) is 18.2 Å². The van der Waals surface area contributed by atoms with Crippen molar-refractivity contribution in [1.29, 1.82) is 0 Å². The highest BCUT2D eigenvalue weighted by Crippen LogP contribution is 2.19. The van der Waals surface area contributed by atoms with E-state index in [1.165, 1.54) is 0 Å². The number of nitrogens with zero attached hydrogens (tertiary/aromatic N) is 2. The monoisotopic (exact) mass is 376 g/mol. The summed E-state index contributed by atoms with van der Waals surface area (Å²) in [7, 11) is 0. The molecular weight excluding hydrogens is 356 g/mol. The molecule has 2 amide bonds.